The highest BCUT2D eigenvalue weighted by Crippen LogP contribution is 1.94. The van der Waals surface area contributed by atoms with Gasteiger partial charge in [-0.05, 0) is 6.92 Å². The van der Waals surface area contributed by atoms with Gasteiger partial charge in [-0.25, -0.2) is 0 Å². The van der Waals surface area contributed by atoms with E-state index in [0.29, 0.717) is 0 Å². The monoisotopic (exact) mass is 134 g/mol. The molecule has 46 valence electrons. The average Bonchev–Trinajstić information content (AvgIpc) is 1.85. The van der Waals surface area contributed by atoms with Gasteiger partial charge in [-0.15, -0.1) is 4.72 Å². The number of rotatable bonds is 0. The Kier molecular flexibility index (Phi) is 1.41. The van der Waals surface area contributed by atoms with Crippen LogP contribution in [0.3, 0.4) is 0 Å². The number of hydrogen-bond donors (Lipinski definition) is 2. The lowest BCUT2D eigenvalue weighted by Gasteiger charge is -1.95. The Labute approximate surface area is 50.1 Å². The minimum absolute atomic E-state index is 0.205. The third kappa shape index (κ3) is 0.936. The zero-order chi connectivity index (χ0) is 6.15. The molecule has 0 aromatic heterocycles. The first-order valence-corrected chi connectivity index (χ1v) is 3.33. The van der Waals surface area contributed by atoms with Crippen LogP contribution in [0.5, 0.6) is 0 Å². The summed E-state index contributed by atoms with van der Waals surface area (Å²) in [6, 6.07) is -0.309. The molecule has 8 heavy (non-hydrogen) atoms. The summed E-state index contributed by atoms with van der Waals surface area (Å²) in [7, 11) is 0. The van der Waals surface area contributed by atoms with E-state index in [1.54, 1.807) is 6.92 Å². The Morgan fingerprint density at radius 1 is 1.88 bits per heavy atom. The van der Waals surface area contributed by atoms with Gasteiger partial charge in [-0.3, -0.25) is 4.79 Å². The fourth-order valence-corrected chi connectivity index (χ4v) is 1.27. The SMILES string of the molecule is CC1N[S+]([O-])NC1=O. The van der Waals surface area contributed by atoms with E-state index in [-0.39, 0.29) is 11.9 Å². The molecule has 2 unspecified atom stereocenters. The molecule has 1 amide bonds. The van der Waals surface area contributed by atoms with Crippen molar-refractivity contribution >= 4 is 17.5 Å². The quantitative estimate of drug-likeness (QED) is 0.403. The fourth-order valence-electron chi connectivity index (χ4n) is 0.423. The van der Waals surface area contributed by atoms with Crippen LogP contribution >= 0.6 is 0 Å². The molecule has 0 aromatic rings. The number of hydrogen-bond acceptors (Lipinski definition) is 3. The third-order valence-corrected chi connectivity index (χ3v) is 1.82. The van der Waals surface area contributed by atoms with E-state index < -0.39 is 11.5 Å². The predicted molar refractivity (Wildman–Crippen MR) is 28.9 cm³/mol. The summed E-state index contributed by atoms with van der Waals surface area (Å²) in [5.74, 6) is -0.205. The van der Waals surface area contributed by atoms with Crippen LogP contribution in [-0.2, 0) is 16.3 Å². The van der Waals surface area contributed by atoms with Gasteiger partial charge in [0.15, 0.2) is 11.5 Å². The molecule has 0 saturated carbocycles. The first-order valence-electron chi connectivity index (χ1n) is 2.18. The molecule has 1 aliphatic rings. The van der Waals surface area contributed by atoms with Gasteiger partial charge in [0.1, 0.15) is 6.04 Å². The minimum Gasteiger partial charge on any atom is -0.573 e. The largest absolute Gasteiger partial charge is 0.573 e. The lowest BCUT2D eigenvalue weighted by molar-refractivity contribution is -0.119. The average molecular weight is 134 g/mol. The van der Waals surface area contributed by atoms with E-state index in [0.717, 1.165) is 0 Å². The van der Waals surface area contributed by atoms with Crippen molar-refractivity contribution < 1.29 is 9.35 Å². The molecule has 1 aliphatic heterocycles. The molecule has 5 heteroatoms. The zero-order valence-electron chi connectivity index (χ0n) is 4.30. The number of carbonyl (C=O) groups is 1. The van der Waals surface area contributed by atoms with Crippen molar-refractivity contribution in [2.24, 2.45) is 0 Å². The Hall–Kier alpha value is -0.260. The molecule has 1 rings (SSSR count). The van der Waals surface area contributed by atoms with Crippen molar-refractivity contribution in [1.82, 2.24) is 9.44 Å². The Bertz CT molecular complexity index is 118. The highest BCUT2D eigenvalue weighted by Gasteiger charge is 2.30. The van der Waals surface area contributed by atoms with E-state index in [1.165, 1.54) is 0 Å². The minimum atomic E-state index is -1.33. The normalized spacial score (nSPS) is 37.5. The maximum Gasteiger partial charge on any atom is 0.284 e. The topological polar surface area (TPSA) is 64.2 Å². The molecule has 0 aromatic carbocycles. The molecule has 0 radical (unpaired) electrons. The smallest absolute Gasteiger partial charge is 0.284 e. The summed E-state index contributed by atoms with van der Waals surface area (Å²) in [6.45, 7) is 1.65. The first-order chi connectivity index (χ1) is 3.70. The molecule has 0 spiro atoms. The van der Waals surface area contributed by atoms with Gasteiger partial charge < -0.3 is 4.55 Å². The second-order valence-corrected chi connectivity index (χ2v) is 2.55. The summed E-state index contributed by atoms with van der Waals surface area (Å²) >= 11 is -1.33. The highest BCUT2D eigenvalue weighted by atomic mass is 32.2. The summed E-state index contributed by atoms with van der Waals surface area (Å²) in [5.41, 5.74) is 0. The Morgan fingerprint density at radius 2 is 2.50 bits per heavy atom. The summed E-state index contributed by atoms with van der Waals surface area (Å²) < 4.78 is 15.0. The van der Waals surface area contributed by atoms with Crippen LogP contribution in [0.15, 0.2) is 0 Å². The van der Waals surface area contributed by atoms with E-state index in [4.69, 9.17) is 0 Å². The maximum atomic E-state index is 10.4. The van der Waals surface area contributed by atoms with Gasteiger partial charge in [0.2, 0.25) is 0 Å². The molecule has 1 saturated heterocycles. The molecular formula is C3H6N2O2S. The predicted octanol–water partition coefficient (Wildman–Crippen LogP) is -1.33. The number of carbonyl (C=O) groups excluding carboxylic acids is 1. The number of nitrogens with one attached hydrogen (secondary N) is 2. The summed E-state index contributed by atoms with van der Waals surface area (Å²) in [5, 5.41) is 0. The van der Waals surface area contributed by atoms with Crippen LogP contribution in [0.1, 0.15) is 6.92 Å². The zero-order valence-corrected chi connectivity index (χ0v) is 5.12. The van der Waals surface area contributed by atoms with E-state index in [1.807, 2.05) is 0 Å². The van der Waals surface area contributed by atoms with Crippen molar-refractivity contribution in [2.75, 3.05) is 0 Å². The van der Waals surface area contributed by atoms with Gasteiger partial charge in [-0.1, -0.05) is 0 Å². The lowest BCUT2D eigenvalue weighted by Crippen LogP contribution is -2.25. The van der Waals surface area contributed by atoms with Crippen LogP contribution in [-0.4, -0.2) is 16.5 Å². The highest BCUT2D eigenvalue weighted by molar-refractivity contribution is 7.88. The molecule has 2 N–H and O–H groups in total. The van der Waals surface area contributed by atoms with Crippen LogP contribution in [0.2, 0.25) is 0 Å². The summed E-state index contributed by atoms with van der Waals surface area (Å²) in [4.78, 5) is 10.4. The molecule has 4 nitrogen and oxygen atoms in total. The molecule has 0 bridgehead atoms. The van der Waals surface area contributed by atoms with E-state index >= 15 is 0 Å². The van der Waals surface area contributed by atoms with Crippen LogP contribution in [0, 0.1) is 0 Å². The standard InChI is InChI=1S/C3H6N2O2S/c1-2-3(6)5-8(7)4-2/h2,4H,1H3,(H,5,6). The van der Waals surface area contributed by atoms with E-state index in [2.05, 4.69) is 9.44 Å². The van der Waals surface area contributed by atoms with Crippen LogP contribution in [0.25, 0.3) is 0 Å². The lowest BCUT2D eigenvalue weighted by atomic mass is 10.4. The Balaban J connectivity index is 2.51. The molecule has 0 aliphatic carbocycles. The molecule has 2 atom stereocenters. The van der Waals surface area contributed by atoms with Crippen molar-refractivity contribution in [3.8, 4) is 0 Å². The second kappa shape index (κ2) is 1.93. The van der Waals surface area contributed by atoms with Crippen LogP contribution in [0.4, 0.5) is 0 Å². The Morgan fingerprint density at radius 3 is 2.62 bits per heavy atom. The van der Waals surface area contributed by atoms with Gasteiger partial charge >= 0.3 is 0 Å². The molecular weight excluding hydrogens is 128 g/mol. The van der Waals surface area contributed by atoms with Crippen LogP contribution < -0.4 is 9.44 Å². The second-order valence-electron chi connectivity index (χ2n) is 1.57. The summed E-state index contributed by atoms with van der Waals surface area (Å²) in [6.07, 6.45) is 0. The molecule has 1 heterocycles. The number of amides is 1. The van der Waals surface area contributed by atoms with Gasteiger partial charge in [0, 0.05) is 0 Å². The maximum absolute atomic E-state index is 10.4. The van der Waals surface area contributed by atoms with Crippen molar-refractivity contribution in [1.29, 1.82) is 0 Å². The third-order valence-electron chi connectivity index (χ3n) is 0.870. The van der Waals surface area contributed by atoms with Gasteiger partial charge in [0.25, 0.3) is 5.91 Å². The fraction of sp³-hybridized carbons (Fsp3) is 0.667. The van der Waals surface area contributed by atoms with Gasteiger partial charge in [-0.2, -0.15) is 4.72 Å². The van der Waals surface area contributed by atoms with Crippen molar-refractivity contribution in [3.63, 3.8) is 0 Å². The van der Waals surface area contributed by atoms with E-state index in [9.17, 15) is 9.35 Å². The van der Waals surface area contributed by atoms with Crippen molar-refractivity contribution in [2.45, 2.75) is 13.0 Å². The van der Waals surface area contributed by atoms with Gasteiger partial charge in [0.05, 0.1) is 0 Å². The van der Waals surface area contributed by atoms with Crippen molar-refractivity contribution in [3.05, 3.63) is 0 Å². The molecule has 1 fully saturated rings. The first kappa shape index (κ1) is 5.87.